The van der Waals surface area contributed by atoms with E-state index in [1.54, 1.807) is 20.8 Å². The van der Waals surface area contributed by atoms with Gasteiger partial charge in [0.25, 0.3) is 5.91 Å². The van der Waals surface area contributed by atoms with Crippen LogP contribution in [0, 0.1) is 13.8 Å². The maximum Gasteiger partial charge on any atom is 0.408 e. The third-order valence-corrected chi connectivity index (χ3v) is 5.86. The molecule has 0 saturated heterocycles. The molecule has 0 aliphatic rings. The largest absolute Gasteiger partial charge is 0.444 e. The van der Waals surface area contributed by atoms with Crippen LogP contribution in [-0.4, -0.2) is 40.5 Å². The Morgan fingerprint density at radius 2 is 1.45 bits per heavy atom. The first-order chi connectivity index (χ1) is 17.6. The summed E-state index contributed by atoms with van der Waals surface area (Å²) in [5, 5.41) is 7.64. The zero-order chi connectivity index (χ0) is 28.3. The molecule has 3 aromatic rings. The van der Waals surface area contributed by atoms with E-state index in [4.69, 9.17) is 4.74 Å². The molecule has 0 saturated carbocycles. The van der Waals surface area contributed by atoms with Crippen LogP contribution in [0.15, 0.2) is 60.7 Å². The zero-order valence-corrected chi connectivity index (χ0v) is 23.6. The lowest BCUT2D eigenvalue weighted by Crippen LogP contribution is -2.54. The van der Waals surface area contributed by atoms with E-state index in [1.807, 2.05) is 95.3 Å². The second-order valence-corrected chi connectivity index (χ2v) is 11.7. The summed E-state index contributed by atoms with van der Waals surface area (Å²) in [7, 11) is 0. The van der Waals surface area contributed by atoms with Crippen LogP contribution >= 0.6 is 0 Å². The number of nitrogens with one attached hydrogen (secondary N) is 2. The Kier molecular flexibility index (Phi) is 8.50. The smallest absolute Gasteiger partial charge is 0.408 e. The van der Waals surface area contributed by atoms with Gasteiger partial charge in [0.2, 0.25) is 5.91 Å². The van der Waals surface area contributed by atoms with Crippen molar-refractivity contribution in [3.05, 3.63) is 77.4 Å². The third kappa shape index (κ3) is 7.57. The summed E-state index contributed by atoms with van der Waals surface area (Å²) in [5.74, 6) is -0.744. The maximum absolute atomic E-state index is 14.0. The van der Waals surface area contributed by atoms with Gasteiger partial charge in [-0.3, -0.25) is 9.59 Å². The Labute approximate surface area is 225 Å². The number of rotatable bonds is 6. The van der Waals surface area contributed by atoms with Crippen molar-refractivity contribution in [3.8, 4) is 0 Å². The van der Waals surface area contributed by atoms with Crippen LogP contribution in [0.3, 0.4) is 0 Å². The van der Waals surface area contributed by atoms with E-state index in [9.17, 15) is 14.4 Å². The quantitative estimate of drug-likeness (QED) is 0.402. The fourth-order valence-corrected chi connectivity index (χ4v) is 4.52. The summed E-state index contributed by atoms with van der Waals surface area (Å²) in [5.41, 5.74) is 1.86. The second-order valence-electron chi connectivity index (χ2n) is 11.7. The van der Waals surface area contributed by atoms with Crippen LogP contribution in [0.2, 0.25) is 0 Å². The standard InChI is InChI=1S/C31H39N3O4/c1-20-15-21(2)17-24(16-20)27(28(36)33-25-14-13-22-11-9-10-12-23(22)18-25)34(30(3,4)5)26(35)19-32-29(37)38-31(6,7)8/h9-18,27H,19H2,1-8H3,(H,32,37)(H,33,36). The predicted molar refractivity (Wildman–Crippen MR) is 152 cm³/mol. The minimum absolute atomic E-state index is 0.309. The SMILES string of the molecule is Cc1cc(C)cc(C(C(=O)Nc2ccc3ccccc3c2)N(C(=O)CNC(=O)OC(C)(C)C)C(C)(C)C)c1. The van der Waals surface area contributed by atoms with Crippen molar-refractivity contribution in [2.75, 3.05) is 11.9 Å². The van der Waals surface area contributed by atoms with Gasteiger partial charge in [0.15, 0.2) is 0 Å². The molecule has 1 unspecified atom stereocenters. The first kappa shape index (κ1) is 28.7. The maximum atomic E-state index is 14.0. The molecule has 38 heavy (non-hydrogen) atoms. The van der Waals surface area contributed by atoms with Crippen molar-refractivity contribution in [1.82, 2.24) is 10.2 Å². The number of alkyl carbamates (subject to hydrolysis) is 1. The van der Waals surface area contributed by atoms with Crippen LogP contribution in [0.25, 0.3) is 10.8 Å². The van der Waals surface area contributed by atoms with Gasteiger partial charge in [-0.25, -0.2) is 4.79 Å². The van der Waals surface area contributed by atoms with Gasteiger partial charge in [0.1, 0.15) is 18.2 Å². The van der Waals surface area contributed by atoms with Crippen LogP contribution in [0.1, 0.15) is 64.3 Å². The molecule has 0 spiro atoms. The van der Waals surface area contributed by atoms with Gasteiger partial charge < -0.3 is 20.3 Å². The van der Waals surface area contributed by atoms with Crippen molar-refractivity contribution in [3.63, 3.8) is 0 Å². The number of ether oxygens (including phenoxy) is 1. The van der Waals surface area contributed by atoms with Gasteiger partial charge in [-0.2, -0.15) is 0 Å². The molecule has 0 bridgehead atoms. The number of hydrogen-bond acceptors (Lipinski definition) is 4. The van der Waals surface area contributed by atoms with E-state index in [0.717, 1.165) is 21.9 Å². The summed E-state index contributed by atoms with van der Waals surface area (Å²) in [4.78, 5) is 41.4. The zero-order valence-electron chi connectivity index (χ0n) is 23.6. The van der Waals surface area contributed by atoms with Gasteiger partial charge >= 0.3 is 6.09 Å². The lowest BCUT2D eigenvalue weighted by molar-refractivity contribution is -0.144. The third-order valence-electron chi connectivity index (χ3n) is 5.86. The first-order valence-corrected chi connectivity index (χ1v) is 12.8. The Morgan fingerprint density at radius 3 is 2.03 bits per heavy atom. The minimum Gasteiger partial charge on any atom is -0.444 e. The average molecular weight is 518 g/mol. The molecule has 0 radical (unpaired) electrons. The molecule has 0 aromatic heterocycles. The molecule has 2 N–H and O–H groups in total. The summed E-state index contributed by atoms with van der Waals surface area (Å²) < 4.78 is 5.29. The van der Waals surface area contributed by atoms with E-state index in [-0.39, 0.29) is 12.5 Å². The summed E-state index contributed by atoms with van der Waals surface area (Å²) in [6, 6.07) is 18.6. The number of amides is 3. The van der Waals surface area contributed by atoms with Gasteiger partial charge in [0.05, 0.1) is 0 Å². The van der Waals surface area contributed by atoms with Crippen LogP contribution < -0.4 is 10.6 Å². The molecule has 0 heterocycles. The Morgan fingerprint density at radius 1 is 0.842 bits per heavy atom. The summed E-state index contributed by atoms with van der Waals surface area (Å²) in [6.45, 7) is 14.5. The Bertz CT molecular complexity index is 1310. The number of carbonyl (C=O) groups excluding carboxylic acids is 3. The van der Waals surface area contributed by atoms with E-state index < -0.39 is 29.2 Å². The first-order valence-electron chi connectivity index (χ1n) is 12.8. The lowest BCUT2D eigenvalue weighted by Gasteiger charge is -2.41. The van der Waals surface area contributed by atoms with Gasteiger partial charge in [-0.05, 0) is 83.9 Å². The fourth-order valence-electron chi connectivity index (χ4n) is 4.52. The predicted octanol–water partition coefficient (Wildman–Crippen LogP) is 6.29. The number of fused-ring (bicyclic) bond motifs is 1. The molecule has 0 aliphatic carbocycles. The normalized spacial score (nSPS) is 12.5. The van der Waals surface area contributed by atoms with Crippen LogP contribution in [-0.2, 0) is 14.3 Å². The molecule has 3 rings (SSSR count). The van der Waals surface area contributed by atoms with Crippen molar-refractivity contribution >= 4 is 34.4 Å². The monoisotopic (exact) mass is 517 g/mol. The molecule has 3 aromatic carbocycles. The van der Waals surface area contributed by atoms with Crippen molar-refractivity contribution in [2.24, 2.45) is 0 Å². The molecular formula is C31H39N3O4. The van der Waals surface area contributed by atoms with Gasteiger partial charge in [0, 0.05) is 11.2 Å². The van der Waals surface area contributed by atoms with Crippen LogP contribution in [0.5, 0.6) is 0 Å². The van der Waals surface area contributed by atoms with E-state index >= 15 is 0 Å². The molecule has 1 atom stereocenters. The highest BCUT2D eigenvalue weighted by Crippen LogP contribution is 2.32. The van der Waals surface area contributed by atoms with E-state index in [0.29, 0.717) is 11.3 Å². The molecule has 202 valence electrons. The molecule has 7 nitrogen and oxygen atoms in total. The molecule has 0 aliphatic heterocycles. The van der Waals surface area contributed by atoms with Gasteiger partial charge in [-0.15, -0.1) is 0 Å². The number of anilines is 1. The average Bonchev–Trinajstić information content (AvgIpc) is 2.78. The molecule has 7 heteroatoms. The topological polar surface area (TPSA) is 87.7 Å². The van der Waals surface area contributed by atoms with E-state index in [2.05, 4.69) is 10.6 Å². The highest BCUT2D eigenvalue weighted by Gasteiger charge is 2.39. The number of nitrogens with zero attached hydrogens (tertiary/aromatic N) is 1. The second kappa shape index (κ2) is 11.3. The van der Waals surface area contributed by atoms with Gasteiger partial charge in [-0.1, -0.05) is 59.7 Å². The number of carbonyl (C=O) groups is 3. The number of aryl methyl sites for hydroxylation is 2. The van der Waals surface area contributed by atoms with Crippen molar-refractivity contribution in [2.45, 2.75) is 72.6 Å². The van der Waals surface area contributed by atoms with Crippen molar-refractivity contribution in [1.29, 1.82) is 0 Å². The highest BCUT2D eigenvalue weighted by molar-refractivity contribution is 6.00. The van der Waals surface area contributed by atoms with Crippen molar-refractivity contribution < 1.29 is 19.1 Å². The molecule has 0 fully saturated rings. The summed E-state index contributed by atoms with van der Waals surface area (Å²) >= 11 is 0. The number of hydrogen-bond donors (Lipinski definition) is 2. The lowest BCUT2D eigenvalue weighted by atomic mass is 9.94. The van der Waals surface area contributed by atoms with E-state index in [1.165, 1.54) is 4.90 Å². The molecule has 3 amide bonds. The minimum atomic E-state index is -0.937. The Hall–Kier alpha value is -3.87. The Balaban J connectivity index is 1.99. The summed E-state index contributed by atoms with van der Waals surface area (Å²) in [6.07, 6.45) is -0.691. The number of benzene rings is 3. The highest BCUT2D eigenvalue weighted by atomic mass is 16.6. The van der Waals surface area contributed by atoms with Crippen LogP contribution in [0.4, 0.5) is 10.5 Å². The molecular weight excluding hydrogens is 478 g/mol. The fraction of sp³-hybridized carbons (Fsp3) is 0.387.